The Bertz CT molecular complexity index is 327. The van der Waals surface area contributed by atoms with E-state index in [1.54, 1.807) is 18.3 Å². The summed E-state index contributed by atoms with van der Waals surface area (Å²) in [6.45, 7) is 2.17. The van der Waals surface area contributed by atoms with Crippen molar-refractivity contribution in [2.24, 2.45) is 0 Å². The van der Waals surface area contributed by atoms with Gasteiger partial charge in [-0.2, -0.15) is 0 Å². The van der Waals surface area contributed by atoms with Crippen molar-refractivity contribution in [3.63, 3.8) is 0 Å². The number of hydrogen-bond donors (Lipinski definition) is 1. The van der Waals surface area contributed by atoms with Crippen LogP contribution >= 0.6 is 11.3 Å². The number of aromatic nitrogens is 1. The van der Waals surface area contributed by atoms with E-state index >= 15 is 0 Å². The lowest BCUT2D eigenvalue weighted by atomic mass is 10.4. The van der Waals surface area contributed by atoms with Crippen LogP contribution in [-0.2, 0) is 17.6 Å². The SMILES string of the molecule is CCOC(=O)Nc1nc2c(s1)CCC2. The third-order valence-corrected chi connectivity index (χ3v) is 3.15. The van der Waals surface area contributed by atoms with Crippen molar-refractivity contribution in [3.8, 4) is 0 Å². The van der Waals surface area contributed by atoms with Crippen molar-refractivity contribution < 1.29 is 9.53 Å². The minimum atomic E-state index is -0.417. The lowest BCUT2D eigenvalue weighted by Gasteiger charge is -2.00. The van der Waals surface area contributed by atoms with Crippen molar-refractivity contribution in [2.75, 3.05) is 11.9 Å². The highest BCUT2D eigenvalue weighted by molar-refractivity contribution is 7.15. The zero-order chi connectivity index (χ0) is 9.97. The fourth-order valence-electron chi connectivity index (χ4n) is 1.50. The van der Waals surface area contributed by atoms with E-state index < -0.39 is 6.09 Å². The standard InChI is InChI=1S/C9H12N2O2S/c1-2-13-9(12)11-8-10-6-4-3-5-7(6)14-8/h2-5H2,1H3,(H,10,11,12). The van der Waals surface area contributed by atoms with Crippen LogP contribution in [0.1, 0.15) is 23.9 Å². The van der Waals surface area contributed by atoms with Gasteiger partial charge in [0, 0.05) is 4.88 Å². The van der Waals surface area contributed by atoms with Crippen LogP contribution in [0.3, 0.4) is 0 Å². The number of fused-ring (bicyclic) bond motifs is 1. The largest absolute Gasteiger partial charge is 0.450 e. The molecule has 0 atom stereocenters. The first-order valence-corrected chi connectivity index (χ1v) is 5.53. The van der Waals surface area contributed by atoms with Crippen LogP contribution in [0.2, 0.25) is 0 Å². The van der Waals surface area contributed by atoms with Gasteiger partial charge in [-0.3, -0.25) is 5.32 Å². The molecule has 1 aromatic heterocycles. The molecule has 1 aliphatic rings. The molecule has 0 spiro atoms. The second kappa shape index (κ2) is 3.96. The molecule has 2 rings (SSSR count). The number of amides is 1. The monoisotopic (exact) mass is 212 g/mol. The van der Waals surface area contributed by atoms with Crippen molar-refractivity contribution in [1.82, 2.24) is 4.98 Å². The Kier molecular flexibility index (Phi) is 2.67. The van der Waals surface area contributed by atoms with E-state index in [4.69, 9.17) is 4.74 Å². The first kappa shape index (κ1) is 9.45. The quantitative estimate of drug-likeness (QED) is 0.817. The first-order valence-electron chi connectivity index (χ1n) is 4.72. The summed E-state index contributed by atoms with van der Waals surface area (Å²) in [4.78, 5) is 16.7. The van der Waals surface area contributed by atoms with Gasteiger partial charge in [-0.1, -0.05) is 0 Å². The summed E-state index contributed by atoms with van der Waals surface area (Å²) in [7, 11) is 0. The Balaban J connectivity index is 2.00. The van der Waals surface area contributed by atoms with Crippen LogP contribution in [0, 0.1) is 0 Å². The highest BCUT2D eigenvalue weighted by Crippen LogP contribution is 2.30. The molecule has 0 unspecified atom stereocenters. The number of ether oxygens (including phenoxy) is 1. The molecule has 1 heterocycles. The fraction of sp³-hybridized carbons (Fsp3) is 0.556. The van der Waals surface area contributed by atoms with Gasteiger partial charge in [0.2, 0.25) is 0 Å². The second-order valence-corrected chi connectivity index (χ2v) is 4.17. The van der Waals surface area contributed by atoms with E-state index in [1.165, 1.54) is 11.3 Å². The number of nitrogens with zero attached hydrogens (tertiary/aromatic N) is 1. The number of carbonyl (C=O) groups is 1. The Morgan fingerprint density at radius 1 is 1.64 bits per heavy atom. The molecule has 14 heavy (non-hydrogen) atoms. The van der Waals surface area contributed by atoms with Gasteiger partial charge in [-0.25, -0.2) is 9.78 Å². The molecule has 0 bridgehead atoms. The highest BCUT2D eigenvalue weighted by Gasteiger charge is 2.17. The Morgan fingerprint density at radius 2 is 2.50 bits per heavy atom. The smallest absolute Gasteiger partial charge is 0.413 e. The van der Waals surface area contributed by atoms with E-state index in [-0.39, 0.29) is 0 Å². The Labute approximate surface area is 86.3 Å². The maximum Gasteiger partial charge on any atom is 0.413 e. The van der Waals surface area contributed by atoms with Gasteiger partial charge in [0.1, 0.15) is 0 Å². The lowest BCUT2D eigenvalue weighted by molar-refractivity contribution is 0.168. The maximum atomic E-state index is 11.1. The lowest BCUT2D eigenvalue weighted by Crippen LogP contribution is -2.13. The van der Waals surface area contributed by atoms with E-state index in [2.05, 4.69) is 10.3 Å². The number of thiazole rings is 1. The van der Waals surface area contributed by atoms with E-state index in [0.29, 0.717) is 11.7 Å². The summed E-state index contributed by atoms with van der Waals surface area (Å²) in [5, 5.41) is 3.28. The van der Waals surface area contributed by atoms with E-state index in [9.17, 15) is 4.79 Å². The van der Waals surface area contributed by atoms with E-state index in [0.717, 1.165) is 18.5 Å². The number of nitrogens with one attached hydrogen (secondary N) is 1. The number of hydrogen-bond acceptors (Lipinski definition) is 4. The molecule has 4 nitrogen and oxygen atoms in total. The number of rotatable bonds is 2. The van der Waals surface area contributed by atoms with Crippen LogP contribution in [0.25, 0.3) is 0 Å². The third-order valence-electron chi connectivity index (χ3n) is 2.08. The molecule has 0 aliphatic heterocycles. The van der Waals surface area contributed by atoms with Gasteiger partial charge >= 0.3 is 6.09 Å². The minimum Gasteiger partial charge on any atom is -0.450 e. The van der Waals surface area contributed by atoms with Crippen LogP contribution in [0.5, 0.6) is 0 Å². The summed E-state index contributed by atoms with van der Waals surface area (Å²) in [5.74, 6) is 0. The molecule has 5 heteroatoms. The average molecular weight is 212 g/mol. The molecule has 1 amide bonds. The summed E-state index contributed by atoms with van der Waals surface area (Å²) in [5.41, 5.74) is 1.14. The van der Waals surface area contributed by atoms with Crippen molar-refractivity contribution in [1.29, 1.82) is 0 Å². The molecule has 0 aromatic carbocycles. The molecular weight excluding hydrogens is 200 g/mol. The molecule has 1 N–H and O–H groups in total. The fourth-order valence-corrected chi connectivity index (χ4v) is 2.53. The molecule has 0 saturated heterocycles. The predicted octanol–water partition coefficient (Wildman–Crippen LogP) is 2.20. The molecule has 0 saturated carbocycles. The van der Waals surface area contributed by atoms with E-state index in [1.807, 2.05) is 0 Å². The summed E-state index contributed by atoms with van der Waals surface area (Å²) in [6, 6.07) is 0. The average Bonchev–Trinajstić information content (AvgIpc) is 2.63. The van der Waals surface area contributed by atoms with Crippen molar-refractivity contribution in [3.05, 3.63) is 10.6 Å². The zero-order valence-electron chi connectivity index (χ0n) is 8.00. The maximum absolute atomic E-state index is 11.1. The van der Waals surface area contributed by atoms with Crippen LogP contribution in [0.4, 0.5) is 9.93 Å². The molecule has 0 radical (unpaired) electrons. The van der Waals surface area contributed by atoms with Crippen molar-refractivity contribution >= 4 is 22.6 Å². The Hall–Kier alpha value is -1.10. The zero-order valence-corrected chi connectivity index (χ0v) is 8.82. The highest BCUT2D eigenvalue weighted by atomic mass is 32.1. The van der Waals surface area contributed by atoms with Gasteiger partial charge in [0.05, 0.1) is 12.3 Å². The topological polar surface area (TPSA) is 51.2 Å². The van der Waals surface area contributed by atoms with Crippen molar-refractivity contribution in [2.45, 2.75) is 26.2 Å². The number of anilines is 1. The third kappa shape index (κ3) is 1.87. The summed E-state index contributed by atoms with van der Waals surface area (Å²) in [6.07, 6.45) is 2.90. The molecule has 1 aliphatic carbocycles. The number of aryl methyl sites for hydroxylation is 2. The van der Waals surface area contributed by atoms with Gasteiger partial charge in [-0.05, 0) is 26.2 Å². The molecule has 1 aromatic rings. The molecular formula is C9H12N2O2S. The second-order valence-electron chi connectivity index (χ2n) is 3.09. The normalized spacial score (nSPS) is 13.8. The Morgan fingerprint density at radius 3 is 3.21 bits per heavy atom. The summed E-state index contributed by atoms with van der Waals surface area (Å²) >= 11 is 1.55. The molecule has 0 fully saturated rings. The van der Waals surface area contributed by atoms with Gasteiger partial charge in [0.25, 0.3) is 0 Å². The van der Waals surface area contributed by atoms with Crippen LogP contribution in [-0.4, -0.2) is 17.7 Å². The van der Waals surface area contributed by atoms with Crippen LogP contribution < -0.4 is 5.32 Å². The van der Waals surface area contributed by atoms with Gasteiger partial charge in [-0.15, -0.1) is 11.3 Å². The predicted molar refractivity (Wildman–Crippen MR) is 54.8 cm³/mol. The van der Waals surface area contributed by atoms with Crippen LogP contribution in [0.15, 0.2) is 0 Å². The molecule has 76 valence electrons. The van der Waals surface area contributed by atoms with Gasteiger partial charge in [0.15, 0.2) is 5.13 Å². The first-order chi connectivity index (χ1) is 6.79. The summed E-state index contributed by atoms with van der Waals surface area (Å²) < 4.78 is 4.76. The minimum absolute atomic E-state index is 0.386. The van der Waals surface area contributed by atoms with Gasteiger partial charge < -0.3 is 4.74 Å². The number of carbonyl (C=O) groups excluding carboxylic acids is 1.